The summed E-state index contributed by atoms with van der Waals surface area (Å²) in [6.07, 6.45) is -1.20. The summed E-state index contributed by atoms with van der Waals surface area (Å²) in [7, 11) is 0. The van der Waals surface area contributed by atoms with Gasteiger partial charge in [-0.3, -0.25) is 4.79 Å². The molecule has 6 nitrogen and oxygen atoms in total. The predicted molar refractivity (Wildman–Crippen MR) is 81.2 cm³/mol. The molecule has 0 saturated heterocycles. The predicted octanol–water partition coefficient (Wildman–Crippen LogP) is 1.57. The maximum absolute atomic E-state index is 11.9. The third-order valence-corrected chi connectivity index (χ3v) is 2.79. The van der Waals surface area contributed by atoms with Gasteiger partial charge in [0.05, 0.1) is 12.2 Å². The van der Waals surface area contributed by atoms with E-state index in [0.717, 1.165) is 0 Å². The van der Waals surface area contributed by atoms with Gasteiger partial charge in [-0.05, 0) is 45.4 Å². The highest BCUT2D eigenvalue weighted by atomic mass is 16.6. The summed E-state index contributed by atoms with van der Waals surface area (Å²) in [4.78, 5) is 23.4. The van der Waals surface area contributed by atoms with Crippen LogP contribution in [0.5, 0.6) is 0 Å². The molecule has 0 heterocycles. The Balaban J connectivity index is 2.80. The van der Waals surface area contributed by atoms with Crippen LogP contribution in [0.4, 0.5) is 0 Å². The lowest BCUT2D eigenvalue weighted by Gasteiger charge is -2.20. The lowest BCUT2D eigenvalue weighted by molar-refractivity contribution is -0.147. The van der Waals surface area contributed by atoms with E-state index < -0.39 is 29.7 Å². The summed E-state index contributed by atoms with van der Waals surface area (Å²) in [6, 6.07) is 4.92. The minimum Gasteiger partial charge on any atom is -0.465 e. The number of ether oxygens (including phenoxy) is 2. The number of hydrogen-bond donors (Lipinski definition) is 2. The van der Waals surface area contributed by atoms with Crippen molar-refractivity contribution in [1.29, 1.82) is 0 Å². The fraction of sp³-hybridized carbons (Fsp3) is 0.500. The Morgan fingerprint density at radius 2 is 1.77 bits per heavy atom. The van der Waals surface area contributed by atoms with Crippen molar-refractivity contribution in [1.82, 2.24) is 0 Å². The summed E-state index contributed by atoms with van der Waals surface area (Å²) >= 11 is 0. The Bertz CT molecular complexity index is 518. The molecule has 0 aliphatic carbocycles. The molecular formula is C16H23NO5. The summed E-state index contributed by atoms with van der Waals surface area (Å²) in [5, 5.41) is 10.1. The van der Waals surface area contributed by atoms with Crippen LogP contribution in [0, 0.1) is 0 Å². The number of esters is 2. The summed E-state index contributed by atoms with van der Waals surface area (Å²) in [5.74, 6) is -1.13. The lowest BCUT2D eigenvalue weighted by atomic mass is 10.0. The molecule has 0 fully saturated rings. The van der Waals surface area contributed by atoms with Gasteiger partial charge in [-0.25, -0.2) is 4.79 Å². The third kappa shape index (κ3) is 5.13. The second kappa shape index (κ2) is 7.38. The molecule has 2 atom stereocenters. The Kier molecular flexibility index (Phi) is 6.08. The van der Waals surface area contributed by atoms with E-state index >= 15 is 0 Å². The maximum atomic E-state index is 11.9. The molecule has 22 heavy (non-hydrogen) atoms. The first-order valence-electron chi connectivity index (χ1n) is 7.09. The quantitative estimate of drug-likeness (QED) is 0.801. The van der Waals surface area contributed by atoms with Crippen LogP contribution in [0.15, 0.2) is 24.3 Å². The van der Waals surface area contributed by atoms with E-state index in [1.807, 2.05) is 0 Å². The molecule has 0 aromatic heterocycles. The summed E-state index contributed by atoms with van der Waals surface area (Å²) in [6.45, 7) is 7.19. The van der Waals surface area contributed by atoms with Gasteiger partial charge in [0.2, 0.25) is 0 Å². The van der Waals surface area contributed by atoms with Gasteiger partial charge in [0, 0.05) is 0 Å². The molecule has 3 N–H and O–H groups in total. The number of benzene rings is 1. The second-order valence-electron chi connectivity index (χ2n) is 5.85. The molecule has 0 aliphatic heterocycles. The number of aliphatic hydroxyl groups is 1. The van der Waals surface area contributed by atoms with E-state index in [0.29, 0.717) is 11.1 Å². The number of nitrogens with two attached hydrogens (primary N) is 1. The van der Waals surface area contributed by atoms with E-state index in [1.165, 1.54) is 24.3 Å². The average Bonchev–Trinajstić information content (AvgIpc) is 2.44. The van der Waals surface area contributed by atoms with Gasteiger partial charge in [-0.1, -0.05) is 12.1 Å². The van der Waals surface area contributed by atoms with Crippen molar-refractivity contribution in [3.8, 4) is 0 Å². The molecule has 1 aromatic carbocycles. The number of carbonyl (C=O) groups excluding carboxylic acids is 2. The highest BCUT2D eigenvalue weighted by Gasteiger charge is 2.25. The zero-order chi connectivity index (χ0) is 16.9. The van der Waals surface area contributed by atoms with Crippen LogP contribution in [0.25, 0.3) is 0 Å². The Morgan fingerprint density at radius 3 is 2.23 bits per heavy atom. The van der Waals surface area contributed by atoms with Gasteiger partial charge in [0.1, 0.15) is 17.7 Å². The van der Waals surface area contributed by atoms with Crippen LogP contribution < -0.4 is 5.73 Å². The fourth-order valence-corrected chi connectivity index (χ4v) is 1.73. The molecule has 0 aliphatic rings. The van der Waals surface area contributed by atoms with Gasteiger partial charge in [0.25, 0.3) is 0 Å². The van der Waals surface area contributed by atoms with Gasteiger partial charge in [-0.15, -0.1) is 0 Å². The Morgan fingerprint density at radius 1 is 1.23 bits per heavy atom. The highest BCUT2D eigenvalue weighted by Crippen LogP contribution is 2.19. The first-order valence-corrected chi connectivity index (χ1v) is 7.09. The van der Waals surface area contributed by atoms with Crippen LogP contribution in [0.2, 0.25) is 0 Å². The topological polar surface area (TPSA) is 98.9 Å². The van der Waals surface area contributed by atoms with E-state index in [9.17, 15) is 14.7 Å². The standard InChI is InChI=1S/C16H23NO5/c1-5-21-15(20)12(17)13(18)10-6-8-11(9-7-10)14(19)22-16(2,3)4/h6-9,12-13,18H,5,17H2,1-4H3. The first-order chi connectivity index (χ1) is 10.2. The Hall–Kier alpha value is -1.92. The van der Waals surface area contributed by atoms with Crippen LogP contribution in [0.1, 0.15) is 49.7 Å². The van der Waals surface area contributed by atoms with E-state index in [-0.39, 0.29) is 6.61 Å². The van der Waals surface area contributed by atoms with Crippen molar-refractivity contribution in [3.63, 3.8) is 0 Å². The van der Waals surface area contributed by atoms with Gasteiger partial charge < -0.3 is 20.3 Å². The molecule has 6 heteroatoms. The fourth-order valence-electron chi connectivity index (χ4n) is 1.73. The third-order valence-electron chi connectivity index (χ3n) is 2.79. The van der Waals surface area contributed by atoms with Crippen molar-refractivity contribution in [2.45, 2.75) is 45.4 Å². The first kappa shape index (κ1) is 18.1. The SMILES string of the molecule is CCOC(=O)C(N)C(O)c1ccc(C(=O)OC(C)(C)C)cc1. The number of rotatable bonds is 5. The molecule has 1 aromatic rings. The molecule has 2 unspecified atom stereocenters. The van der Waals surface area contributed by atoms with Crippen molar-refractivity contribution in [2.24, 2.45) is 5.73 Å². The van der Waals surface area contributed by atoms with Crippen molar-refractivity contribution in [3.05, 3.63) is 35.4 Å². The molecule has 0 bridgehead atoms. The number of carbonyl (C=O) groups is 2. The van der Waals surface area contributed by atoms with E-state index in [4.69, 9.17) is 15.2 Å². The molecular weight excluding hydrogens is 286 g/mol. The second-order valence-corrected chi connectivity index (χ2v) is 5.85. The number of aliphatic hydroxyl groups excluding tert-OH is 1. The van der Waals surface area contributed by atoms with E-state index in [2.05, 4.69) is 0 Å². The Labute approximate surface area is 130 Å². The zero-order valence-electron chi connectivity index (χ0n) is 13.3. The normalized spacial score (nSPS) is 14.1. The minimum absolute atomic E-state index is 0.191. The van der Waals surface area contributed by atoms with E-state index in [1.54, 1.807) is 27.7 Å². The minimum atomic E-state index is -1.20. The molecule has 1 rings (SSSR count). The van der Waals surface area contributed by atoms with Crippen LogP contribution in [-0.2, 0) is 14.3 Å². The van der Waals surface area contributed by atoms with Crippen LogP contribution in [0.3, 0.4) is 0 Å². The average molecular weight is 309 g/mol. The van der Waals surface area contributed by atoms with Crippen LogP contribution in [-0.4, -0.2) is 35.3 Å². The number of hydrogen-bond acceptors (Lipinski definition) is 6. The molecule has 0 spiro atoms. The molecule has 122 valence electrons. The van der Waals surface area contributed by atoms with Crippen molar-refractivity contribution >= 4 is 11.9 Å². The zero-order valence-corrected chi connectivity index (χ0v) is 13.3. The summed E-state index contributed by atoms with van der Waals surface area (Å²) in [5.41, 5.74) is 5.84. The monoisotopic (exact) mass is 309 g/mol. The highest BCUT2D eigenvalue weighted by molar-refractivity contribution is 5.89. The molecule has 0 radical (unpaired) electrons. The van der Waals surface area contributed by atoms with Crippen molar-refractivity contribution in [2.75, 3.05) is 6.61 Å². The van der Waals surface area contributed by atoms with Crippen molar-refractivity contribution < 1.29 is 24.2 Å². The van der Waals surface area contributed by atoms with Crippen LogP contribution >= 0.6 is 0 Å². The smallest absolute Gasteiger partial charge is 0.338 e. The maximum Gasteiger partial charge on any atom is 0.338 e. The largest absolute Gasteiger partial charge is 0.465 e. The lowest BCUT2D eigenvalue weighted by Crippen LogP contribution is -2.38. The van der Waals surface area contributed by atoms with Gasteiger partial charge in [-0.2, -0.15) is 0 Å². The van der Waals surface area contributed by atoms with Gasteiger partial charge >= 0.3 is 11.9 Å². The molecule has 0 saturated carbocycles. The molecule has 0 amide bonds. The van der Waals surface area contributed by atoms with Gasteiger partial charge in [0.15, 0.2) is 0 Å². The summed E-state index contributed by atoms with van der Waals surface area (Å²) < 4.78 is 10.0.